The van der Waals surface area contributed by atoms with E-state index in [2.05, 4.69) is 21.2 Å². The van der Waals surface area contributed by atoms with Crippen LogP contribution in [-0.2, 0) is 0 Å². The van der Waals surface area contributed by atoms with Gasteiger partial charge in [-0.25, -0.2) is 4.79 Å². The Morgan fingerprint density at radius 1 is 1.10 bits per heavy atom. The van der Waals surface area contributed by atoms with E-state index in [1.807, 2.05) is 0 Å². The maximum Gasteiger partial charge on any atom is 0.335 e. The van der Waals surface area contributed by atoms with E-state index in [0.29, 0.717) is 21.4 Å². The summed E-state index contributed by atoms with van der Waals surface area (Å²) < 4.78 is 0.597. The summed E-state index contributed by atoms with van der Waals surface area (Å²) in [4.78, 5) is 23.0. The monoisotopic (exact) mass is 334 g/mol. The van der Waals surface area contributed by atoms with Gasteiger partial charge in [0, 0.05) is 15.7 Å². The van der Waals surface area contributed by atoms with Crippen molar-refractivity contribution < 1.29 is 14.7 Å². The summed E-state index contributed by atoms with van der Waals surface area (Å²) in [5.74, 6) is -1.42. The summed E-state index contributed by atoms with van der Waals surface area (Å²) in [7, 11) is 0. The van der Waals surface area contributed by atoms with Gasteiger partial charge in [-0.05, 0) is 52.3 Å². The van der Waals surface area contributed by atoms with Gasteiger partial charge in [-0.1, -0.05) is 6.07 Å². The van der Waals surface area contributed by atoms with Crippen molar-refractivity contribution in [3.8, 4) is 0 Å². The number of anilines is 2. The van der Waals surface area contributed by atoms with Crippen LogP contribution in [0.5, 0.6) is 0 Å². The third-order valence-corrected chi connectivity index (χ3v) is 3.30. The van der Waals surface area contributed by atoms with Gasteiger partial charge < -0.3 is 16.2 Å². The minimum absolute atomic E-state index is 0.0936. The van der Waals surface area contributed by atoms with E-state index in [0.717, 1.165) is 0 Å². The maximum atomic E-state index is 12.1. The Labute approximate surface area is 123 Å². The van der Waals surface area contributed by atoms with E-state index in [4.69, 9.17) is 10.8 Å². The molecule has 0 saturated heterocycles. The maximum absolute atomic E-state index is 12.1. The number of carboxylic acids is 1. The Balaban J connectivity index is 2.27. The van der Waals surface area contributed by atoms with E-state index in [1.54, 1.807) is 30.3 Å². The van der Waals surface area contributed by atoms with Crippen LogP contribution in [0.15, 0.2) is 46.9 Å². The zero-order chi connectivity index (χ0) is 14.7. The molecule has 0 atom stereocenters. The van der Waals surface area contributed by atoms with Crippen molar-refractivity contribution in [1.82, 2.24) is 0 Å². The average Bonchev–Trinajstić information content (AvgIpc) is 2.41. The number of carbonyl (C=O) groups is 2. The third-order valence-electron chi connectivity index (χ3n) is 2.61. The lowest BCUT2D eigenvalue weighted by Gasteiger charge is -2.09. The molecule has 0 saturated carbocycles. The first kappa shape index (κ1) is 14.1. The number of benzene rings is 2. The normalized spacial score (nSPS) is 10.1. The summed E-state index contributed by atoms with van der Waals surface area (Å²) >= 11 is 3.26. The SMILES string of the molecule is Nc1cccc(C(=O)Nc2cc(C(=O)O)ccc2Br)c1. The molecule has 0 aromatic heterocycles. The number of amides is 1. The molecule has 5 nitrogen and oxygen atoms in total. The highest BCUT2D eigenvalue weighted by Crippen LogP contribution is 2.24. The van der Waals surface area contributed by atoms with Crippen LogP contribution in [0.1, 0.15) is 20.7 Å². The van der Waals surface area contributed by atoms with Crippen molar-refractivity contribution in [2.45, 2.75) is 0 Å². The first-order valence-corrected chi connectivity index (χ1v) is 6.46. The van der Waals surface area contributed by atoms with Gasteiger partial charge in [-0.2, -0.15) is 0 Å². The molecule has 2 aromatic rings. The predicted molar refractivity (Wildman–Crippen MR) is 79.9 cm³/mol. The van der Waals surface area contributed by atoms with E-state index in [-0.39, 0.29) is 11.5 Å². The Morgan fingerprint density at radius 2 is 1.85 bits per heavy atom. The van der Waals surface area contributed by atoms with Gasteiger partial charge in [0.05, 0.1) is 11.3 Å². The van der Waals surface area contributed by atoms with Crippen LogP contribution in [0.25, 0.3) is 0 Å². The van der Waals surface area contributed by atoms with Gasteiger partial charge in [0.2, 0.25) is 0 Å². The smallest absolute Gasteiger partial charge is 0.335 e. The Morgan fingerprint density at radius 3 is 2.50 bits per heavy atom. The average molecular weight is 335 g/mol. The lowest BCUT2D eigenvalue weighted by molar-refractivity contribution is 0.0696. The Kier molecular flexibility index (Phi) is 4.05. The van der Waals surface area contributed by atoms with E-state index in [1.165, 1.54) is 12.1 Å². The lowest BCUT2D eigenvalue weighted by atomic mass is 10.1. The van der Waals surface area contributed by atoms with Gasteiger partial charge in [0.25, 0.3) is 5.91 Å². The van der Waals surface area contributed by atoms with Crippen molar-refractivity contribution >= 4 is 39.2 Å². The van der Waals surface area contributed by atoms with Gasteiger partial charge in [-0.15, -0.1) is 0 Å². The molecule has 6 heteroatoms. The highest BCUT2D eigenvalue weighted by Gasteiger charge is 2.11. The largest absolute Gasteiger partial charge is 0.478 e. The molecule has 0 spiro atoms. The molecule has 0 aliphatic rings. The molecule has 0 aliphatic heterocycles. The van der Waals surface area contributed by atoms with E-state index in [9.17, 15) is 9.59 Å². The number of halogens is 1. The van der Waals surface area contributed by atoms with Crippen LogP contribution in [-0.4, -0.2) is 17.0 Å². The minimum atomic E-state index is -1.06. The fraction of sp³-hybridized carbons (Fsp3) is 0. The van der Waals surface area contributed by atoms with E-state index < -0.39 is 5.97 Å². The predicted octanol–water partition coefficient (Wildman–Crippen LogP) is 2.98. The second-order valence-electron chi connectivity index (χ2n) is 4.08. The van der Waals surface area contributed by atoms with Crippen molar-refractivity contribution in [2.24, 2.45) is 0 Å². The molecule has 2 rings (SSSR count). The Bertz CT molecular complexity index is 686. The molecule has 0 radical (unpaired) electrons. The molecule has 2 aromatic carbocycles. The van der Waals surface area contributed by atoms with Gasteiger partial charge in [-0.3, -0.25) is 4.79 Å². The molecule has 0 unspecified atom stereocenters. The second-order valence-corrected chi connectivity index (χ2v) is 4.93. The molecule has 0 bridgehead atoms. The molecule has 0 fully saturated rings. The molecular formula is C14H11BrN2O3. The highest BCUT2D eigenvalue weighted by atomic mass is 79.9. The molecule has 1 amide bonds. The number of hydrogen-bond donors (Lipinski definition) is 3. The van der Waals surface area contributed by atoms with Gasteiger partial charge in [0.1, 0.15) is 0 Å². The fourth-order valence-electron chi connectivity index (χ4n) is 1.63. The quantitative estimate of drug-likeness (QED) is 0.752. The first-order chi connectivity index (χ1) is 9.47. The number of nitrogens with two attached hydrogens (primary N) is 1. The van der Waals surface area contributed by atoms with Gasteiger partial charge >= 0.3 is 5.97 Å². The topological polar surface area (TPSA) is 92.4 Å². The van der Waals surface area contributed by atoms with Gasteiger partial charge in [0.15, 0.2) is 0 Å². The standard InChI is InChI=1S/C14H11BrN2O3/c15-11-5-4-9(14(19)20)7-12(11)17-13(18)8-2-1-3-10(16)6-8/h1-7H,16H2,(H,17,18)(H,19,20). The van der Waals surface area contributed by atoms with Crippen LogP contribution < -0.4 is 11.1 Å². The number of nitrogens with one attached hydrogen (secondary N) is 1. The van der Waals surface area contributed by atoms with Crippen LogP contribution >= 0.6 is 15.9 Å². The zero-order valence-electron chi connectivity index (χ0n) is 10.3. The molecule has 20 heavy (non-hydrogen) atoms. The fourth-order valence-corrected chi connectivity index (χ4v) is 1.97. The summed E-state index contributed by atoms with van der Waals surface area (Å²) in [5.41, 5.74) is 6.98. The van der Waals surface area contributed by atoms with Crippen molar-refractivity contribution in [3.05, 3.63) is 58.1 Å². The molecule has 0 aliphatic carbocycles. The van der Waals surface area contributed by atoms with Crippen molar-refractivity contribution in [3.63, 3.8) is 0 Å². The molecular weight excluding hydrogens is 324 g/mol. The molecule has 102 valence electrons. The number of rotatable bonds is 3. The lowest BCUT2D eigenvalue weighted by Crippen LogP contribution is -2.13. The summed E-state index contributed by atoms with van der Waals surface area (Å²) in [6.45, 7) is 0. The van der Waals surface area contributed by atoms with Crippen LogP contribution in [0.2, 0.25) is 0 Å². The zero-order valence-corrected chi connectivity index (χ0v) is 11.8. The molecule has 0 heterocycles. The highest BCUT2D eigenvalue weighted by molar-refractivity contribution is 9.10. The Hall–Kier alpha value is -2.34. The summed E-state index contributed by atoms with van der Waals surface area (Å²) in [5, 5.41) is 11.6. The number of aromatic carboxylic acids is 1. The number of carboxylic acid groups (broad SMARTS) is 1. The van der Waals surface area contributed by atoms with Crippen molar-refractivity contribution in [2.75, 3.05) is 11.1 Å². The van der Waals surface area contributed by atoms with E-state index >= 15 is 0 Å². The van der Waals surface area contributed by atoms with Crippen LogP contribution in [0.4, 0.5) is 11.4 Å². The summed E-state index contributed by atoms with van der Waals surface area (Å²) in [6, 6.07) is 10.9. The number of nitrogen functional groups attached to an aromatic ring is 1. The minimum Gasteiger partial charge on any atom is -0.478 e. The summed E-state index contributed by atoms with van der Waals surface area (Å²) in [6.07, 6.45) is 0. The second kappa shape index (κ2) is 5.75. The van der Waals surface area contributed by atoms with Crippen molar-refractivity contribution in [1.29, 1.82) is 0 Å². The number of carbonyl (C=O) groups excluding carboxylic acids is 1. The first-order valence-electron chi connectivity index (χ1n) is 5.67. The number of hydrogen-bond acceptors (Lipinski definition) is 3. The molecule has 4 N–H and O–H groups in total. The van der Waals surface area contributed by atoms with Crippen LogP contribution in [0.3, 0.4) is 0 Å². The van der Waals surface area contributed by atoms with Crippen LogP contribution in [0, 0.1) is 0 Å². The third kappa shape index (κ3) is 3.16.